The molecule has 0 N–H and O–H groups in total. The van der Waals surface area contributed by atoms with Crippen molar-refractivity contribution in [2.24, 2.45) is 0 Å². The van der Waals surface area contributed by atoms with Gasteiger partial charge in [0.25, 0.3) is 0 Å². The van der Waals surface area contributed by atoms with Gasteiger partial charge in [-0.1, -0.05) is 72.8 Å². The second kappa shape index (κ2) is 10.1. The molecular weight excluding hydrogens is 574 g/mol. The maximum atomic E-state index is 5.69. The molecule has 0 saturated heterocycles. The van der Waals surface area contributed by atoms with Gasteiger partial charge in [0.1, 0.15) is 0 Å². The molecule has 0 aliphatic heterocycles. The van der Waals surface area contributed by atoms with Crippen molar-refractivity contribution in [2.75, 3.05) is 14.2 Å². The Morgan fingerprint density at radius 1 is 0.536 bits per heavy atom. The summed E-state index contributed by atoms with van der Waals surface area (Å²) in [5.74, 6) is 1.46. The topological polar surface area (TPSA) is 18.5 Å². The van der Waals surface area contributed by atoms with Gasteiger partial charge >= 0.3 is 0 Å². The van der Waals surface area contributed by atoms with Crippen molar-refractivity contribution in [1.82, 2.24) is 0 Å². The molecule has 0 radical (unpaired) electrons. The third-order valence-corrected chi connectivity index (χ3v) is 6.24. The standard InChI is InChI=1S/C24H20I2O2/c1-27-23-19(13-11-17-7-3-5-9-21(17)25)15-16-20(24(23)28-2)14-12-18-8-4-6-10-22(18)26/h3-16H,1-2H3/b13-11-,14-12+. The summed E-state index contributed by atoms with van der Waals surface area (Å²) in [6.45, 7) is 0. The molecular formula is C24H20I2O2. The molecule has 0 unspecified atom stereocenters. The van der Waals surface area contributed by atoms with E-state index in [2.05, 4.69) is 106 Å². The lowest BCUT2D eigenvalue weighted by molar-refractivity contribution is 0.354. The van der Waals surface area contributed by atoms with Crippen LogP contribution in [-0.4, -0.2) is 14.2 Å². The van der Waals surface area contributed by atoms with Crippen LogP contribution in [0.3, 0.4) is 0 Å². The van der Waals surface area contributed by atoms with Crippen LogP contribution >= 0.6 is 45.2 Å². The number of hydrogen-bond acceptors (Lipinski definition) is 2. The molecule has 0 bridgehead atoms. The van der Waals surface area contributed by atoms with Crippen molar-refractivity contribution in [2.45, 2.75) is 0 Å². The molecule has 0 heterocycles. The Hall–Kier alpha value is -1.80. The molecule has 3 aromatic rings. The van der Waals surface area contributed by atoms with E-state index >= 15 is 0 Å². The van der Waals surface area contributed by atoms with Gasteiger partial charge < -0.3 is 9.47 Å². The largest absolute Gasteiger partial charge is 0.492 e. The molecule has 0 aliphatic rings. The molecule has 142 valence electrons. The predicted molar refractivity (Wildman–Crippen MR) is 136 cm³/mol. The molecule has 3 rings (SSSR count). The lowest BCUT2D eigenvalue weighted by Gasteiger charge is -2.13. The first-order valence-electron chi connectivity index (χ1n) is 8.74. The highest BCUT2D eigenvalue weighted by molar-refractivity contribution is 14.1. The number of halogens is 2. The van der Waals surface area contributed by atoms with Crippen LogP contribution in [0.4, 0.5) is 0 Å². The molecule has 0 aromatic heterocycles. The highest BCUT2D eigenvalue weighted by Gasteiger charge is 2.12. The zero-order valence-electron chi connectivity index (χ0n) is 15.7. The fourth-order valence-corrected chi connectivity index (χ4v) is 3.99. The van der Waals surface area contributed by atoms with Crippen LogP contribution in [0.25, 0.3) is 24.3 Å². The number of ether oxygens (including phenoxy) is 2. The molecule has 0 aliphatic carbocycles. The molecule has 0 spiro atoms. The summed E-state index contributed by atoms with van der Waals surface area (Å²) in [4.78, 5) is 0. The van der Waals surface area contributed by atoms with Crippen molar-refractivity contribution in [1.29, 1.82) is 0 Å². The van der Waals surface area contributed by atoms with E-state index in [-0.39, 0.29) is 0 Å². The Labute approximate surface area is 193 Å². The first kappa shape index (κ1) is 20.9. The fourth-order valence-electron chi connectivity index (χ4n) is 2.86. The lowest BCUT2D eigenvalue weighted by Crippen LogP contribution is -1.95. The predicted octanol–water partition coefficient (Wildman–Crippen LogP) is 7.25. The number of methoxy groups -OCH3 is 2. The minimum atomic E-state index is 0.731. The highest BCUT2D eigenvalue weighted by Crippen LogP contribution is 2.37. The van der Waals surface area contributed by atoms with E-state index < -0.39 is 0 Å². The third-order valence-electron chi connectivity index (χ3n) is 4.28. The molecule has 4 heteroatoms. The van der Waals surface area contributed by atoms with Gasteiger partial charge in [-0.2, -0.15) is 0 Å². The van der Waals surface area contributed by atoms with Gasteiger partial charge in [-0.3, -0.25) is 0 Å². The van der Waals surface area contributed by atoms with E-state index in [1.54, 1.807) is 14.2 Å². The summed E-state index contributed by atoms with van der Waals surface area (Å²) in [7, 11) is 3.35. The molecule has 0 saturated carbocycles. The Morgan fingerprint density at radius 3 is 1.25 bits per heavy atom. The van der Waals surface area contributed by atoms with Crippen LogP contribution in [0.5, 0.6) is 11.5 Å². The fraction of sp³-hybridized carbons (Fsp3) is 0.0833. The van der Waals surface area contributed by atoms with Crippen LogP contribution in [0.2, 0.25) is 0 Å². The average molecular weight is 594 g/mol. The van der Waals surface area contributed by atoms with E-state index in [0.29, 0.717) is 0 Å². The Morgan fingerprint density at radius 2 is 0.893 bits per heavy atom. The van der Waals surface area contributed by atoms with Gasteiger partial charge in [0, 0.05) is 18.3 Å². The van der Waals surface area contributed by atoms with Crippen LogP contribution < -0.4 is 9.47 Å². The molecule has 2 nitrogen and oxygen atoms in total. The lowest BCUT2D eigenvalue weighted by atomic mass is 10.1. The monoisotopic (exact) mass is 594 g/mol. The number of benzene rings is 3. The third kappa shape index (κ3) is 4.97. The summed E-state index contributed by atoms with van der Waals surface area (Å²) < 4.78 is 13.8. The summed E-state index contributed by atoms with van der Waals surface area (Å²) in [6, 6.07) is 20.7. The normalized spacial score (nSPS) is 11.3. The smallest absolute Gasteiger partial charge is 0.168 e. The van der Waals surface area contributed by atoms with E-state index in [0.717, 1.165) is 22.6 Å². The SMILES string of the molecule is COc1c(/C=C\c2ccccc2I)ccc(/C=C/c2ccccc2I)c1OC. The Bertz CT molecular complexity index is 940. The van der Waals surface area contributed by atoms with Gasteiger partial charge in [0.2, 0.25) is 0 Å². The quantitative estimate of drug-likeness (QED) is 0.221. The van der Waals surface area contributed by atoms with Crippen molar-refractivity contribution < 1.29 is 9.47 Å². The van der Waals surface area contributed by atoms with Gasteiger partial charge in [0.05, 0.1) is 14.2 Å². The van der Waals surface area contributed by atoms with Gasteiger partial charge in [0.15, 0.2) is 11.5 Å². The van der Waals surface area contributed by atoms with E-state index in [1.807, 2.05) is 24.3 Å². The maximum Gasteiger partial charge on any atom is 0.168 e. The molecule has 0 atom stereocenters. The minimum absolute atomic E-state index is 0.731. The highest BCUT2D eigenvalue weighted by atomic mass is 127. The van der Waals surface area contributed by atoms with Crippen molar-refractivity contribution in [3.8, 4) is 11.5 Å². The maximum absolute atomic E-state index is 5.69. The first-order chi connectivity index (χ1) is 13.6. The minimum Gasteiger partial charge on any atom is -0.492 e. The summed E-state index contributed by atoms with van der Waals surface area (Å²) >= 11 is 4.69. The van der Waals surface area contributed by atoms with Crippen molar-refractivity contribution in [3.05, 3.63) is 90.1 Å². The van der Waals surface area contributed by atoms with Crippen LogP contribution in [0.1, 0.15) is 22.3 Å². The molecule has 28 heavy (non-hydrogen) atoms. The second-order valence-corrected chi connectivity index (χ2v) is 8.34. The molecule has 0 amide bonds. The van der Waals surface area contributed by atoms with Crippen LogP contribution in [0, 0.1) is 7.14 Å². The van der Waals surface area contributed by atoms with Gasteiger partial charge in [-0.25, -0.2) is 0 Å². The van der Waals surface area contributed by atoms with E-state index in [9.17, 15) is 0 Å². The van der Waals surface area contributed by atoms with Crippen molar-refractivity contribution >= 4 is 69.5 Å². The second-order valence-electron chi connectivity index (χ2n) is 6.02. The number of rotatable bonds is 6. The molecule has 0 fully saturated rings. The van der Waals surface area contributed by atoms with Gasteiger partial charge in [-0.15, -0.1) is 0 Å². The van der Waals surface area contributed by atoms with Crippen molar-refractivity contribution in [3.63, 3.8) is 0 Å². The summed E-state index contributed by atoms with van der Waals surface area (Å²) in [5, 5.41) is 0. The van der Waals surface area contributed by atoms with E-state index in [1.165, 1.54) is 18.3 Å². The Balaban J connectivity index is 1.97. The average Bonchev–Trinajstić information content (AvgIpc) is 2.72. The van der Waals surface area contributed by atoms with Gasteiger partial charge in [-0.05, 0) is 68.4 Å². The molecule has 3 aromatic carbocycles. The summed E-state index contributed by atoms with van der Waals surface area (Å²) in [5.41, 5.74) is 4.30. The summed E-state index contributed by atoms with van der Waals surface area (Å²) in [6.07, 6.45) is 8.32. The zero-order chi connectivity index (χ0) is 19.9. The van der Waals surface area contributed by atoms with Crippen LogP contribution in [-0.2, 0) is 0 Å². The zero-order valence-corrected chi connectivity index (χ0v) is 20.0. The van der Waals surface area contributed by atoms with E-state index in [4.69, 9.17) is 9.47 Å². The Kier molecular flexibility index (Phi) is 7.56. The first-order valence-corrected chi connectivity index (χ1v) is 10.9. The number of hydrogen-bond donors (Lipinski definition) is 0. The van der Waals surface area contributed by atoms with Crippen LogP contribution in [0.15, 0.2) is 60.7 Å².